The molecule has 24 heavy (non-hydrogen) atoms. The number of hydrogen-bond acceptors (Lipinski definition) is 3. The van der Waals surface area contributed by atoms with Crippen molar-refractivity contribution >= 4 is 17.5 Å². The van der Waals surface area contributed by atoms with E-state index < -0.39 is 0 Å². The van der Waals surface area contributed by atoms with Gasteiger partial charge in [-0.05, 0) is 56.8 Å². The zero-order valence-electron chi connectivity index (χ0n) is 14.4. The second-order valence-corrected chi connectivity index (χ2v) is 6.93. The molecule has 0 bridgehead atoms. The zero-order chi connectivity index (χ0) is 16.9. The van der Waals surface area contributed by atoms with Gasteiger partial charge in [0, 0.05) is 36.3 Å². The van der Waals surface area contributed by atoms with Gasteiger partial charge in [-0.25, -0.2) is 0 Å². The van der Waals surface area contributed by atoms with Gasteiger partial charge < -0.3 is 15.5 Å². The lowest BCUT2D eigenvalue weighted by molar-refractivity contribution is -0.117. The third kappa shape index (κ3) is 4.57. The lowest BCUT2D eigenvalue weighted by Gasteiger charge is -2.32. The molecule has 1 heterocycles. The number of carbonyl (C=O) groups excluding carboxylic acids is 2. The van der Waals surface area contributed by atoms with Gasteiger partial charge in [0.05, 0.1) is 0 Å². The normalized spacial score (nSPS) is 19.0. The summed E-state index contributed by atoms with van der Waals surface area (Å²) in [6.45, 7) is 5.44. The Kier molecular flexibility index (Phi) is 5.51. The molecular formula is C19H27N3O2. The molecule has 130 valence electrons. The van der Waals surface area contributed by atoms with Crippen LogP contribution in [0.1, 0.15) is 49.4 Å². The first-order valence-corrected chi connectivity index (χ1v) is 9.10. The number of benzene rings is 1. The van der Waals surface area contributed by atoms with Crippen molar-refractivity contribution in [3.05, 3.63) is 29.8 Å². The fourth-order valence-electron chi connectivity index (χ4n) is 3.21. The van der Waals surface area contributed by atoms with Gasteiger partial charge in [-0.3, -0.25) is 9.59 Å². The van der Waals surface area contributed by atoms with Crippen LogP contribution in [-0.4, -0.2) is 42.4 Å². The van der Waals surface area contributed by atoms with Crippen LogP contribution in [0.4, 0.5) is 5.69 Å². The first-order chi connectivity index (χ1) is 11.7. The number of likely N-dealkylation sites (tertiary alicyclic amines) is 1. The third-order valence-corrected chi connectivity index (χ3v) is 4.80. The summed E-state index contributed by atoms with van der Waals surface area (Å²) in [6.07, 6.45) is 5.13. The van der Waals surface area contributed by atoms with Crippen molar-refractivity contribution in [3.63, 3.8) is 0 Å². The number of rotatable bonds is 6. The maximum Gasteiger partial charge on any atom is 0.251 e. The topological polar surface area (TPSA) is 61.4 Å². The largest absolute Gasteiger partial charge is 0.349 e. The Morgan fingerprint density at radius 2 is 1.92 bits per heavy atom. The Bertz CT molecular complexity index is 590. The molecule has 1 aliphatic heterocycles. The Balaban J connectivity index is 1.52. The van der Waals surface area contributed by atoms with E-state index in [2.05, 4.69) is 22.5 Å². The van der Waals surface area contributed by atoms with E-state index in [0.29, 0.717) is 11.3 Å². The van der Waals surface area contributed by atoms with Crippen molar-refractivity contribution in [2.24, 2.45) is 5.92 Å². The highest BCUT2D eigenvalue weighted by atomic mass is 16.2. The van der Waals surface area contributed by atoms with E-state index in [0.717, 1.165) is 45.3 Å². The van der Waals surface area contributed by atoms with Gasteiger partial charge in [-0.15, -0.1) is 0 Å². The van der Waals surface area contributed by atoms with Crippen LogP contribution >= 0.6 is 0 Å². The fourth-order valence-corrected chi connectivity index (χ4v) is 3.21. The number of nitrogens with zero attached hydrogens (tertiary/aromatic N) is 1. The van der Waals surface area contributed by atoms with Crippen molar-refractivity contribution in [1.29, 1.82) is 0 Å². The molecule has 0 atom stereocenters. The van der Waals surface area contributed by atoms with Crippen molar-refractivity contribution in [3.8, 4) is 0 Å². The fraction of sp³-hybridized carbons (Fsp3) is 0.579. The van der Waals surface area contributed by atoms with Gasteiger partial charge in [0.15, 0.2) is 0 Å². The van der Waals surface area contributed by atoms with E-state index >= 15 is 0 Å². The van der Waals surface area contributed by atoms with Crippen molar-refractivity contribution in [1.82, 2.24) is 10.2 Å². The molecule has 0 unspecified atom stereocenters. The van der Waals surface area contributed by atoms with Crippen molar-refractivity contribution in [2.75, 3.05) is 25.0 Å². The van der Waals surface area contributed by atoms with Gasteiger partial charge in [0.1, 0.15) is 0 Å². The van der Waals surface area contributed by atoms with Crippen molar-refractivity contribution < 1.29 is 9.59 Å². The first-order valence-electron chi connectivity index (χ1n) is 9.10. The molecule has 1 aromatic carbocycles. The van der Waals surface area contributed by atoms with Crippen LogP contribution < -0.4 is 10.6 Å². The monoisotopic (exact) mass is 329 g/mol. The minimum Gasteiger partial charge on any atom is -0.349 e. The van der Waals surface area contributed by atoms with E-state index in [4.69, 9.17) is 0 Å². The molecule has 5 heteroatoms. The Labute approximate surface area is 143 Å². The van der Waals surface area contributed by atoms with Crippen LogP contribution in [0.5, 0.6) is 0 Å². The quantitative estimate of drug-likeness (QED) is 0.843. The van der Waals surface area contributed by atoms with Gasteiger partial charge in [-0.1, -0.05) is 13.0 Å². The molecule has 3 rings (SSSR count). The second kappa shape index (κ2) is 7.79. The first kappa shape index (κ1) is 17.0. The number of piperidine rings is 1. The van der Waals surface area contributed by atoms with Gasteiger partial charge in [0.25, 0.3) is 5.91 Å². The van der Waals surface area contributed by atoms with Crippen LogP contribution in [0.15, 0.2) is 24.3 Å². The predicted molar refractivity (Wildman–Crippen MR) is 95.0 cm³/mol. The highest BCUT2D eigenvalue weighted by Gasteiger charge is 2.29. The lowest BCUT2D eigenvalue weighted by atomic mass is 10.0. The number of nitrogens with one attached hydrogen (secondary N) is 2. The number of carbonyl (C=O) groups is 2. The van der Waals surface area contributed by atoms with E-state index in [-0.39, 0.29) is 23.8 Å². The number of amides is 2. The lowest BCUT2D eigenvalue weighted by Crippen LogP contribution is -2.44. The molecule has 0 spiro atoms. The van der Waals surface area contributed by atoms with E-state index in [1.807, 2.05) is 12.1 Å². The SMILES string of the molecule is CCCN1CCC(NC(=O)c2cccc(NC(=O)C3CC3)c2)CC1. The minimum atomic E-state index is -0.0496. The van der Waals surface area contributed by atoms with E-state index in [1.54, 1.807) is 12.1 Å². The average molecular weight is 329 g/mol. The maximum atomic E-state index is 12.5. The summed E-state index contributed by atoms with van der Waals surface area (Å²) in [7, 11) is 0. The molecule has 1 aromatic rings. The standard InChI is InChI=1S/C19H27N3O2/c1-2-10-22-11-8-16(9-12-22)20-19(24)15-4-3-5-17(13-15)21-18(23)14-6-7-14/h3-5,13-14,16H,2,6-12H2,1H3,(H,20,24)(H,21,23). The summed E-state index contributed by atoms with van der Waals surface area (Å²) >= 11 is 0. The highest BCUT2D eigenvalue weighted by molar-refractivity contribution is 5.98. The van der Waals surface area contributed by atoms with Gasteiger partial charge in [0.2, 0.25) is 5.91 Å². The van der Waals surface area contributed by atoms with Crippen LogP contribution in [-0.2, 0) is 4.79 Å². The molecule has 1 saturated carbocycles. The second-order valence-electron chi connectivity index (χ2n) is 6.93. The molecule has 5 nitrogen and oxygen atoms in total. The van der Waals surface area contributed by atoms with Crippen LogP contribution in [0, 0.1) is 5.92 Å². The summed E-state index contributed by atoms with van der Waals surface area (Å²) < 4.78 is 0. The summed E-state index contributed by atoms with van der Waals surface area (Å²) in [6, 6.07) is 7.47. The Morgan fingerprint density at radius 3 is 2.58 bits per heavy atom. The van der Waals surface area contributed by atoms with E-state index in [9.17, 15) is 9.59 Å². The Hall–Kier alpha value is -1.88. The molecule has 2 aliphatic rings. The zero-order valence-corrected chi connectivity index (χ0v) is 14.4. The van der Waals surface area contributed by atoms with Gasteiger partial charge in [-0.2, -0.15) is 0 Å². The maximum absolute atomic E-state index is 12.5. The third-order valence-electron chi connectivity index (χ3n) is 4.80. The summed E-state index contributed by atoms with van der Waals surface area (Å²) in [5.41, 5.74) is 1.32. The molecule has 2 N–H and O–H groups in total. The summed E-state index contributed by atoms with van der Waals surface area (Å²) in [5, 5.41) is 6.03. The number of anilines is 1. The predicted octanol–water partition coefficient (Wildman–Crippen LogP) is 2.64. The molecule has 1 aliphatic carbocycles. The highest BCUT2D eigenvalue weighted by Crippen LogP contribution is 2.30. The van der Waals surface area contributed by atoms with Gasteiger partial charge >= 0.3 is 0 Å². The average Bonchev–Trinajstić information content (AvgIpc) is 3.42. The van der Waals surface area contributed by atoms with Crippen molar-refractivity contribution in [2.45, 2.75) is 45.1 Å². The summed E-state index contributed by atoms with van der Waals surface area (Å²) in [5.74, 6) is 0.179. The molecule has 2 fully saturated rings. The minimum absolute atomic E-state index is 0.0496. The summed E-state index contributed by atoms with van der Waals surface area (Å²) in [4.78, 5) is 26.8. The molecule has 0 radical (unpaired) electrons. The van der Waals surface area contributed by atoms with Crippen LogP contribution in [0.2, 0.25) is 0 Å². The molecular weight excluding hydrogens is 302 g/mol. The van der Waals surface area contributed by atoms with E-state index in [1.165, 1.54) is 6.42 Å². The molecule has 2 amide bonds. The Morgan fingerprint density at radius 1 is 1.17 bits per heavy atom. The number of hydrogen-bond donors (Lipinski definition) is 2. The smallest absolute Gasteiger partial charge is 0.251 e. The molecule has 1 saturated heterocycles. The van der Waals surface area contributed by atoms with Crippen LogP contribution in [0.3, 0.4) is 0 Å². The molecule has 0 aromatic heterocycles. The van der Waals surface area contributed by atoms with Crippen LogP contribution in [0.25, 0.3) is 0 Å².